The molecule has 1 unspecified atom stereocenters. The van der Waals surface area contributed by atoms with Gasteiger partial charge in [-0.05, 0) is 48.9 Å². The lowest BCUT2D eigenvalue weighted by Crippen LogP contribution is -2.25. The third-order valence-corrected chi connectivity index (χ3v) is 6.75. The molecule has 2 aromatic heterocycles. The van der Waals surface area contributed by atoms with Gasteiger partial charge in [0.05, 0.1) is 15.1 Å². The lowest BCUT2D eigenvalue weighted by atomic mass is 9.90. The van der Waals surface area contributed by atoms with E-state index in [0.29, 0.717) is 0 Å². The highest BCUT2D eigenvalue weighted by molar-refractivity contribution is 7.22. The Bertz CT molecular complexity index is 847. The molecular formula is C18H18N2OS2. The summed E-state index contributed by atoms with van der Waals surface area (Å²) in [5.41, 5.74) is 2.32. The number of carbonyl (C=O) groups is 1. The smallest absolute Gasteiger partial charge is 0.269 e. The molecule has 0 spiro atoms. The topological polar surface area (TPSA) is 33.2 Å². The molecule has 2 heterocycles. The summed E-state index contributed by atoms with van der Waals surface area (Å²) in [6.45, 7) is 2.29. The quantitative estimate of drug-likeness (QED) is 0.673. The molecule has 0 aliphatic heterocycles. The molecule has 0 saturated heterocycles. The minimum absolute atomic E-state index is 0.0520. The van der Waals surface area contributed by atoms with Crippen molar-refractivity contribution >= 4 is 43.9 Å². The molecule has 3 nitrogen and oxygen atoms in total. The predicted octanol–water partition coefficient (Wildman–Crippen LogP) is 4.76. The maximum Gasteiger partial charge on any atom is 0.269 e. The monoisotopic (exact) mass is 342 g/mol. The van der Waals surface area contributed by atoms with E-state index in [1.54, 1.807) is 27.6 Å². The van der Waals surface area contributed by atoms with Crippen molar-refractivity contribution in [2.75, 3.05) is 11.9 Å². The van der Waals surface area contributed by atoms with Gasteiger partial charge in [0.15, 0.2) is 5.13 Å². The van der Waals surface area contributed by atoms with Crippen LogP contribution in [0.4, 0.5) is 5.13 Å². The summed E-state index contributed by atoms with van der Waals surface area (Å²) in [6, 6.07) is 10.1. The van der Waals surface area contributed by atoms with Gasteiger partial charge in [0, 0.05) is 11.9 Å². The van der Waals surface area contributed by atoms with Crippen LogP contribution in [0.3, 0.4) is 0 Å². The van der Waals surface area contributed by atoms with Crippen molar-refractivity contribution in [3.05, 3.63) is 45.6 Å². The van der Waals surface area contributed by atoms with Crippen LogP contribution in [-0.4, -0.2) is 17.9 Å². The van der Waals surface area contributed by atoms with E-state index in [1.807, 2.05) is 31.3 Å². The summed E-state index contributed by atoms with van der Waals surface area (Å²) in [5, 5.41) is 0.760. The number of carbonyl (C=O) groups excluding carboxylic acids is 1. The first-order valence-electron chi connectivity index (χ1n) is 7.87. The summed E-state index contributed by atoms with van der Waals surface area (Å²) < 4.78 is 1.11. The Morgan fingerprint density at radius 1 is 1.30 bits per heavy atom. The van der Waals surface area contributed by atoms with E-state index in [-0.39, 0.29) is 5.91 Å². The molecule has 1 aliphatic carbocycles. The number of nitrogens with zero attached hydrogens (tertiary/aromatic N) is 2. The summed E-state index contributed by atoms with van der Waals surface area (Å²) in [4.78, 5) is 21.3. The number of amides is 1. The molecule has 5 heteroatoms. The third-order valence-electron chi connectivity index (χ3n) is 4.41. The summed E-state index contributed by atoms with van der Waals surface area (Å²) in [5.74, 6) is 0.776. The van der Waals surface area contributed by atoms with Gasteiger partial charge >= 0.3 is 0 Å². The largest absolute Gasteiger partial charge is 0.286 e. The van der Waals surface area contributed by atoms with Gasteiger partial charge in [-0.15, -0.1) is 11.3 Å². The molecule has 0 saturated carbocycles. The van der Waals surface area contributed by atoms with Gasteiger partial charge < -0.3 is 0 Å². The zero-order valence-electron chi connectivity index (χ0n) is 13.2. The average molecular weight is 342 g/mol. The minimum atomic E-state index is 0.0520. The van der Waals surface area contributed by atoms with E-state index >= 15 is 0 Å². The molecular weight excluding hydrogens is 324 g/mol. The van der Waals surface area contributed by atoms with Gasteiger partial charge in [0.2, 0.25) is 0 Å². The minimum Gasteiger partial charge on any atom is -0.286 e. The SMILES string of the molecule is CC1CCc2sc(C(=O)N(C)c3nc4ccccc4s3)cc2C1. The summed E-state index contributed by atoms with van der Waals surface area (Å²) in [6.07, 6.45) is 3.44. The fourth-order valence-corrected chi connectivity index (χ4v) is 5.18. The lowest BCUT2D eigenvalue weighted by molar-refractivity contribution is 0.0997. The van der Waals surface area contributed by atoms with Crippen molar-refractivity contribution in [3.8, 4) is 0 Å². The molecule has 23 heavy (non-hydrogen) atoms. The summed E-state index contributed by atoms with van der Waals surface area (Å²) in [7, 11) is 1.82. The number of benzene rings is 1. The maximum atomic E-state index is 12.8. The van der Waals surface area contributed by atoms with Crippen LogP contribution in [0.5, 0.6) is 0 Å². The number of hydrogen-bond donors (Lipinski definition) is 0. The lowest BCUT2D eigenvalue weighted by Gasteiger charge is -2.16. The highest BCUT2D eigenvalue weighted by atomic mass is 32.1. The number of aryl methyl sites for hydroxylation is 1. The van der Waals surface area contributed by atoms with E-state index in [4.69, 9.17) is 0 Å². The highest BCUT2D eigenvalue weighted by Crippen LogP contribution is 2.34. The molecule has 0 fully saturated rings. The molecule has 118 valence electrons. The van der Waals surface area contributed by atoms with Gasteiger partial charge in [-0.1, -0.05) is 30.4 Å². The van der Waals surface area contributed by atoms with Crippen LogP contribution in [0.15, 0.2) is 30.3 Å². The first kappa shape index (κ1) is 14.8. The van der Waals surface area contributed by atoms with Gasteiger partial charge in [-0.3, -0.25) is 9.69 Å². The van der Waals surface area contributed by atoms with Crippen LogP contribution in [0.25, 0.3) is 10.2 Å². The van der Waals surface area contributed by atoms with Crippen molar-refractivity contribution in [1.82, 2.24) is 4.98 Å². The molecule has 0 bridgehead atoms. The van der Waals surface area contributed by atoms with E-state index in [2.05, 4.69) is 18.0 Å². The standard InChI is InChI=1S/C18H18N2OS2/c1-11-7-8-14-12(9-11)10-16(22-14)17(21)20(2)18-19-13-5-3-4-6-15(13)23-18/h3-6,10-11H,7-9H2,1-2H3. The third kappa shape index (κ3) is 2.68. The Kier molecular flexibility index (Phi) is 3.70. The molecule has 1 aliphatic rings. The second-order valence-electron chi connectivity index (χ2n) is 6.24. The van der Waals surface area contributed by atoms with Gasteiger partial charge in [0.25, 0.3) is 5.91 Å². The first-order chi connectivity index (χ1) is 11.1. The number of fused-ring (bicyclic) bond motifs is 2. The second-order valence-corrected chi connectivity index (χ2v) is 8.38. The average Bonchev–Trinajstić information content (AvgIpc) is 3.16. The Morgan fingerprint density at radius 2 is 2.13 bits per heavy atom. The van der Waals surface area contributed by atoms with E-state index in [1.165, 1.54) is 16.9 Å². The first-order valence-corrected chi connectivity index (χ1v) is 9.50. The Balaban J connectivity index is 1.63. The maximum absolute atomic E-state index is 12.8. The fourth-order valence-electron chi connectivity index (χ4n) is 3.07. The van der Waals surface area contributed by atoms with Gasteiger partial charge in [-0.2, -0.15) is 0 Å². The van der Waals surface area contributed by atoms with Crippen molar-refractivity contribution in [2.24, 2.45) is 5.92 Å². The second kappa shape index (κ2) is 5.73. The summed E-state index contributed by atoms with van der Waals surface area (Å²) >= 11 is 3.22. The zero-order chi connectivity index (χ0) is 16.0. The van der Waals surface area contributed by atoms with Crippen molar-refractivity contribution < 1.29 is 4.79 Å². The predicted molar refractivity (Wildman–Crippen MR) is 97.9 cm³/mol. The van der Waals surface area contributed by atoms with Gasteiger partial charge in [-0.25, -0.2) is 4.98 Å². The number of thiazole rings is 1. The van der Waals surface area contributed by atoms with Crippen LogP contribution in [0.1, 0.15) is 33.5 Å². The normalized spacial score (nSPS) is 17.2. The number of rotatable bonds is 2. The van der Waals surface area contributed by atoms with Crippen molar-refractivity contribution in [2.45, 2.75) is 26.2 Å². The van der Waals surface area contributed by atoms with Crippen LogP contribution in [0.2, 0.25) is 0 Å². The van der Waals surface area contributed by atoms with E-state index < -0.39 is 0 Å². The number of aromatic nitrogens is 1. The zero-order valence-corrected chi connectivity index (χ0v) is 14.8. The number of anilines is 1. The molecule has 1 amide bonds. The molecule has 3 aromatic rings. The van der Waals surface area contributed by atoms with Crippen molar-refractivity contribution in [3.63, 3.8) is 0 Å². The highest BCUT2D eigenvalue weighted by Gasteiger charge is 2.24. The molecule has 1 aromatic carbocycles. The molecule has 1 atom stereocenters. The fraction of sp³-hybridized carbons (Fsp3) is 0.333. The van der Waals surface area contributed by atoms with Crippen LogP contribution >= 0.6 is 22.7 Å². The van der Waals surface area contributed by atoms with Crippen LogP contribution < -0.4 is 4.90 Å². The van der Waals surface area contributed by atoms with Gasteiger partial charge in [0.1, 0.15) is 0 Å². The molecule has 0 N–H and O–H groups in total. The molecule has 0 radical (unpaired) electrons. The van der Waals surface area contributed by atoms with Crippen LogP contribution in [-0.2, 0) is 12.8 Å². The molecule has 4 rings (SSSR count). The Morgan fingerprint density at radius 3 is 2.96 bits per heavy atom. The number of para-hydroxylation sites is 1. The Hall–Kier alpha value is -1.72. The van der Waals surface area contributed by atoms with E-state index in [0.717, 1.165) is 39.0 Å². The van der Waals surface area contributed by atoms with Crippen LogP contribution in [0, 0.1) is 5.92 Å². The Labute approximate surface area is 143 Å². The van der Waals surface area contributed by atoms with Crippen molar-refractivity contribution in [1.29, 1.82) is 0 Å². The number of hydrogen-bond acceptors (Lipinski definition) is 4. The number of thiophene rings is 1. The van der Waals surface area contributed by atoms with E-state index in [9.17, 15) is 4.79 Å².